The predicted molar refractivity (Wildman–Crippen MR) is 80.3 cm³/mol. The molecule has 0 radical (unpaired) electrons. The van der Waals surface area contributed by atoms with Gasteiger partial charge in [-0.25, -0.2) is 0 Å². The van der Waals surface area contributed by atoms with Gasteiger partial charge in [0.25, 0.3) is 0 Å². The summed E-state index contributed by atoms with van der Waals surface area (Å²) in [4.78, 5) is 11.2. The molecule has 3 rings (SSSR count). The molecular formula is C17H24N2O. The third kappa shape index (κ3) is 2.73. The van der Waals surface area contributed by atoms with E-state index in [1.165, 1.54) is 29.5 Å². The van der Waals surface area contributed by atoms with Crippen LogP contribution in [-0.2, 0) is 11.2 Å². The minimum Gasteiger partial charge on any atom is -0.369 e. The molecule has 1 aromatic rings. The molecule has 20 heavy (non-hydrogen) atoms. The van der Waals surface area contributed by atoms with Gasteiger partial charge < -0.3 is 11.1 Å². The third-order valence-electron chi connectivity index (χ3n) is 4.95. The maximum Gasteiger partial charge on any atom is 0.220 e. The van der Waals surface area contributed by atoms with E-state index in [0.717, 1.165) is 25.7 Å². The lowest BCUT2D eigenvalue weighted by molar-refractivity contribution is -0.122. The SMILES string of the molecule is Cc1ccc2c(c1)C(NC1CCC(C(N)=O)CC1)CC2. The Morgan fingerprint density at radius 1 is 1.20 bits per heavy atom. The fourth-order valence-electron chi connectivity index (χ4n) is 3.72. The van der Waals surface area contributed by atoms with Crippen LogP contribution >= 0.6 is 0 Å². The number of fused-ring (bicyclic) bond motifs is 1. The Balaban J connectivity index is 1.61. The average Bonchev–Trinajstić information content (AvgIpc) is 2.82. The van der Waals surface area contributed by atoms with Gasteiger partial charge in [-0.05, 0) is 56.6 Å². The van der Waals surface area contributed by atoms with E-state index in [4.69, 9.17) is 5.73 Å². The zero-order valence-electron chi connectivity index (χ0n) is 12.2. The van der Waals surface area contributed by atoms with E-state index < -0.39 is 0 Å². The molecule has 0 spiro atoms. The number of primary amides is 1. The van der Waals surface area contributed by atoms with E-state index in [1.54, 1.807) is 0 Å². The second-order valence-electron chi connectivity index (χ2n) is 6.41. The molecule has 0 aliphatic heterocycles. The first-order chi connectivity index (χ1) is 9.63. The Morgan fingerprint density at radius 2 is 1.95 bits per heavy atom. The number of carbonyl (C=O) groups excluding carboxylic acids is 1. The molecule has 1 fully saturated rings. The molecule has 2 aliphatic rings. The molecule has 1 unspecified atom stereocenters. The molecule has 3 nitrogen and oxygen atoms in total. The van der Waals surface area contributed by atoms with Crippen molar-refractivity contribution in [2.24, 2.45) is 11.7 Å². The smallest absolute Gasteiger partial charge is 0.220 e. The first-order valence-electron chi connectivity index (χ1n) is 7.78. The molecular weight excluding hydrogens is 248 g/mol. The normalized spacial score (nSPS) is 29.1. The molecule has 1 amide bonds. The van der Waals surface area contributed by atoms with Gasteiger partial charge in [0.1, 0.15) is 0 Å². The van der Waals surface area contributed by atoms with Crippen LogP contribution < -0.4 is 11.1 Å². The molecule has 2 aliphatic carbocycles. The van der Waals surface area contributed by atoms with Crippen molar-refractivity contribution in [1.82, 2.24) is 5.32 Å². The van der Waals surface area contributed by atoms with Gasteiger partial charge in [0, 0.05) is 18.0 Å². The maximum atomic E-state index is 11.2. The maximum absolute atomic E-state index is 11.2. The summed E-state index contributed by atoms with van der Waals surface area (Å²) in [6.45, 7) is 2.16. The van der Waals surface area contributed by atoms with Gasteiger partial charge in [0.2, 0.25) is 5.91 Å². The molecule has 1 atom stereocenters. The first kappa shape index (κ1) is 13.6. The van der Waals surface area contributed by atoms with Crippen LogP contribution in [-0.4, -0.2) is 11.9 Å². The summed E-state index contributed by atoms with van der Waals surface area (Å²) in [6, 6.07) is 7.85. The Hall–Kier alpha value is -1.35. The van der Waals surface area contributed by atoms with Gasteiger partial charge >= 0.3 is 0 Å². The largest absolute Gasteiger partial charge is 0.369 e. The van der Waals surface area contributed by atoms with Crippen molar-refractivity contribution in [3.8, 4) is 0 Å². The number of rotatable bonds is 3. The van der Waals surface area contributed by atoms with E-state index >= 15 is 0 Å². The Kier molecular flexibility index (Phi) is 3.79. The summed E-state index contributed by atoms with van der Waals surface area (Å²) in [5.41, 5.74) is 9.73. The second kappa shape index (κ2) is 5.57. The predicted octanol–water partition coefficient (Wildman–Crippen LogP) is 2.62. The monoisotopic (exact) mass is 272 g/mol. The van der Waals surface area contributed by atoms with E-state index in [1.807, 2.05) is 0 Å². The van der Waals surface area contributed by atoms with Gasteiger partial charge in [0.05, 0.1) is 0 Å². The molecule has 108 valence electrons. The van der Waals surface area contributed by atoms with Crippen LogP contribution in [0.1, 0.15) is 54.8 Å². The van der Waals surface area contributed by atoms with Gasteiger partial charge in [-0.15, -0.1) is 0 Å². The lowest BCUT2D eigenvalue weighted by Gasteiger charge is -2.30. The van der Waals surface area contributed by atoms with Crippen molar-refractivity contribution in [2.45, 2.75) is 57.5 Å². The molecule has 0 saturated heterocycles. The molecule has 1 aromatic carbocycles. The van der Waals surface area contributed by atoms with Gasteiger partial charge in [0.15, 0.2) is 0 Å². The van der Waals surface area contributed by atoms with E-state index in [2.05, 4.69) is 30.4 Å². The lowest BCUT2D eigenvalue weighted by atomic mass is 9.85. The fraction of sp³-hybridized carbons (Fsp3) is 0.588. The van der Waals surface area contributed by atoms with Crippen molar-refractivity contribution in [2.75, 3.05) is 0 Å². The van der Waals surface area contributed by atoms with Crippen LogP contribution in [0.5, 0.6) is 0 Å². The van der Waals surface area contributed by atoms with Crippen molar-refractivity contribution >= 4 is 5.91 Å². The first-order valence-corrected chi connectivity index (χ1v) is 7.78. The van der Waals surface area contributed by atoms with E-state index in [-0.39, 0.29) is 11.8 Å². The van der Waals surface area contributed by atoms with Crippen molar-refractivity contribution < 1.29 is 4.79 Å². The number of aryl methyl sites for hydroxylation is 2. The van der Waals surface area contributed by atoms with E-state index in [9.17, 15) is 4.79 Å². The highest BCUT2D eigenvalue weighted by Gasteiger charge is 2.29. The highest BCUT2D eigenvalue weighted by Crippen LogP contribution is 2.34. The summed E-state index contributed by atoms with van der Waals surface area (Å²) in [5, 5.41) is 3.81. The number of hydrogen-bond donors (Lipinski definition) is 2. The van der Waals surface area contributed by atoms with Crippen molar-refractivity contribution in [1.29, 1.82) is 0 Å². The quantitative estimate of drug-likeness (QED) is 0.888. The number of carbonyl (C=O) groups is 1. The number of benzene rings is 1. The number of amides is 1. The summed E-state index contributed by atoms with van der Waals surface area (Å²) >= 11 is 0. The summed E-state index contributed by atoms with van der Waals surface area (Å²) < 4.78 is 0. The highest BCUT2D eigenvalue weighted by atomic mass is 16.1. The van der Waals surface area contributed by atoms with Crippen LogP contribution in [0.25, 0.3) is 0 Å². The topological polar surface area (TPSA) is 55.1 Å². The van der Waals surface area contributed by atoms with Crippen LogP contribution in [0, 0.1) is 12.8 Å². The van der Waals surface area contributed by atoms with Gasteiger partial charge in [-0.2, -0.15) is 0 Å². The molecule has 3 heteroatoms. The third-order valence-corrected chi connectivity index (χ3v) is 4.95. The Bertz CT molecular complexity index is 504. The van der Waals surface area contributed by atoms with Gasteiger partial charge in [-0.1, -0.05) is 23.8 Å². The summed E-state index contributed by atoms with van der Waals surface area (Å²) in [5.74, 6) is -0.0172. The summed E-state index contributed by atoms with van der Waals surface area (Å²) in [6.07, 6.45) is 6.43. The summed E-state index contributed by atoms with van der Waals surface area (Å²) in [7, 11) is 0. The molecule has 0 aromatic heterocycles. The minimum atomic E-state index is -0.120. The second-order valence-corrected chi connectivity index (χ2v) is 6.41. The fourth-order valence-corrected chi connectivity index (χ4v) is 3.72. The zero-order chi connectivity index (χ0) is 14.1. The average molecular weight is 272 g/mol. The Labute approximate surface area is 120 Å². The van der Waals surface area contributed by atoms with Crippen LogP contribution in [0.4, 0.5) is 0 Å². The lowest BCUT2D eigenvalue weighted by Crippen LogP contribution is -2.38. The van der Waals surface area contributed by atoms with Crippen LogP contribution in [0.2, 0.25) is 0 Å². The van der Waals surface area contributed by atoms with Gasteiger partial charge in [-0.3, -0.25) is 4.79 Å². The Morgan fingerprint density at radius 3 is 2.65 bits per heavy atom. The minimum absolute atomic E-state index is 0.103. The van der Waals surface area contributed by atoms with Crippen molar-refractivity contribution in [3.63, 3.8) is 0 Å². The molecule has 0 heterocycles. The van der Waals surface area contributed by atoms with Crippen LogP contribution in [0.15, 0.2) is 18.2 Å². The number of nitrogens with one attached hydrogen (secondary N) is 1. The molecule has 1 saturated carbocycles. The molecule has 3 N–H and O–H groups in total. The standard InChI is InChI=1S/C17H24N2O/c1-11-2-3-12-6-9-16(15(12)10-11)19-14-7-4-13(5-8-14)17(18)20/h2-3,10,13-14,16,19H,4-9H2,1H3,(H2,18,20). The number of hydrogen-bond acceptors (Lipinski definition) is 2. The van der Waals surface area contributed by atoms with E-state index in [0.29, 0.717) is 12.1 Å². The zero-order valence-corrected chi connectivity index (χ0v) is 12.2. The van der Waals surface area contributed by atoms with Crippen LogP contribution in [0.3, 0.4) is 0 Å². The highest BCUT2D eigenvalue weighted by molar-refractivity contribution is 5.76. The molecule has 0 bridgehead atoms. The van der Waals surface area contributed by atoms with Crippen molar-refractivity contribution in [3.05, 3.63) is 34.9 Å². The number of nitrogens with two attached hydrogens (primary N) is 1.